The van der Waals surface area contributed by atoms with Crippen LogP contribution in [0.15, 0.2) is 67.0 Å². The summed E-state index contributed by atoms with van der Waals surface area (Å²) in [7, 11) is 0. The number of hydrogen-bond acceptors (Lipinski definition) is 4. The lowest BCUT2D eigenvalue weighted by Gasteiger charge is -2.13. The third kappa shape index (κ3) is 5.43. The highest BCUT2D eigenvalue weighted by molar-refractivity contribution is 5.80. The maximum Gasteiger partial charge on any atom is 0.252 e. The Morgan fingerprint density at radius 2 is 1.89 bits per heavy atom. The lowest BCUT2D eigenvalue weighted by Crippen LogP contribution is -2.37. The Morgan fingerprint density at radius 3 is 2.67 bits per heavy atom. The van der Waals surface area contributed by atoms with Crippen LogP contribution in [0.2, 0.25) is 0 Å². The van der Waals surface area contributed by atoms with Crippen LogP contribution in [-0.4, -0.2) is 33.5 Å². The number of carbonyl (C=O) groups excluding carboxylic acids is 1. The molecule has 3 rings (SSSR count). The molecule has 1 atom stereocenters. The lowest BCUT2D eigenvalue weighted by atomic mass is 10.2. The molecule has 0 spiro atoms. The molecule has 6 nitrogen and oxygen atoms in total. The molecule has 0 aliphatic carbocycles. The van der Waals surface area contributed by atoms with Crippen molar-refractivity contribution in [3.63, 3.8) is 0 Å². The topological polar surface area (TPSA) is 76.4 Å². The molecule has 1 unspecified atom stereocenters. The first-order valence-corrected chi connectivity index (χ1v) is 8.81. The molecule has 0 aliphatic heterocycles. The van der Waals surface area contributed by atoms with Crippen molar-refractivity contribution in [2.24, 2.45) is 0 Å². The molecule has 1 aromatic heterocycles. The minimum absolute atomic E-state index is 0.0933. The normalized spacial score (nSPS) is 11.8. The maximum absolute atomic E-state index is 12.1. The second-order valence-electron chi connectivity index (χ2n) is 6.34. The van der Waals surface area contributed by atoms with Gasteiger partial charge in [-0.15, -0.1) is 0 Å². The summed E-state index contributed by atoms with van der Waals surface area (Å²) >= 11 is 0. The highest BCUT2D eigenvalue weighted by Gasteiger charge is 2.16. The fourth-order valence-electron chi connectivity index (χ4n) is 2.62. The van der Waals surface area contributed by atoms with Gasteiger partial charge in [-0.25, -0.2) is 0 Å². The van der Waals surface area contributed by atoms with Crippen LogP contribution < -0.4 is 10.1 Å². The molecule has 2 N–H and O–H groups in total. The van der Waals surface area contributed by atoms with E-state index >= 15 is 0 Å². The van der Waals surface area contributed by atoms with Gasteiger partial charge >= 0.3 is 0 Å². The molecule has 3 aromatic rings. The van der Waals surface area contributed by atoms with E-state index in [1.54, 1.807) is 12.3 Å². The Hall–Kier alpha value is -3.12. The minimum Gasteiger partial charge on any atom is -0.490 e. The third-order valence-electron chi connectivity index (χ3n) is 4.13. The van der Waals surface area contributed by atoms with Crippen LogP contribution in [0.1, 0.15) is 16.7 Å². The van der Waals surface area contributed by atoms with Crippen molar-refractivity contribution in [2.75, 3.05) is 6.61 Å². The fourth-order valence-corrected chi connectivity index (χ4v) is 2.62. The van der Waals surface area contributed by atoms with Crippen LogP contribution in [-0.2, 0) is 17.9 Å². The number of benzene rings is 2. The molecular weight excluding hydrogens is 342 g/mol. The number of aromatic nitrogens is 2. The van der Waals surface area contributed by atoms with Crippen molar-refractivity contribution in [3.8, 4) is 5.75 Å². The molecule has 1 amide bonds. The quantitative estimate of drug-likeness (QED) is 0.642. The number of nitrogens with zero attached hydrogens (tertiary/aromatic N) is 2. The van der Waals surface area contributed by atoms with E-state index in [0.717, 1.165) is 16.7 Å². The average Bonchev–Trinajstić information content (AvgIpc) is 3.13. The van der Waals surface area contributed by atoms with Crippen LogP contribution in [0.25, 0.3) is 0 Å². The highest BCUT2D eigenvalue weighted by Crippen LogP contribution is 2.16. The van der Waals surface area contributed by atoms with Crippen molar-refractivity contribution >= 4 is 5.91 Å². The van der Waals surface area contributed by atoms with Gasteiger partial charge in [0.15, 0.2) is 6.10 Å². The van der Waals surface area contributed by atoms with E-state index in [9.17, 15) is 9.90 Å². The van der Waals surface area contributed by atoms with Crippen molar-refractivity contribution in [3.05, 3.63) is 83.7 Å². The monoisotopic (exact) mass is 365 g/mol. The zero-order valence-corrected chi connectivity index (χ0v) is 15.2. The van der Waals surface area contributed by atoms with E-state index in [4.69, 9.17) is 4.74 Å². The predicted molar refractivity (Wildman–Crippen MR) is 102 cm³/mol. The average molecular weight is 365 g/mol. The van der Waals surface area contributed by atoms with Gasteiger partial charge in [-0.3, -0.25) is 9.48 Å². The summed E-state index contributed by atoms with van der Waals surface area (Å²) in [5.41, 5.74) is 2.97. The summed E-state index contributed by atoms with van der Waals surface area (Å²) in [6.45, 7) is 2.79. The van der Waals surface area contributed by atoms with Crippen LogP contribution in [0.4, 0.5) is 0 Å². The second-order valence-corrected chi connectivity index (χ2v) is 6.34. The molecule has 140 valence electrons. The van der Waals surface area contributed by atoms with Crippen molar-refractivity contribution in [2.45, 2.75) is 26.1 Å². The van der Waals surface area contributed by atoms with Crippen LogP contribution in [0.5, 0.6) is 5.75 Å². The second kappa shape index (κ2) is 9.00. The zero-order valence-electron chi connectivity index (χ0n) is 15.2. The molecule has 1 heterocycles. The van der Waals surface area contributed by atoms with Gasteiger partial charge in [0.25, 0.3) is 5.91 Å². The Morgan fingerprint density at radius 1 is 1.15 bits per heavy atom. The first-order valence-electron chi connectivity index (χ1n) is 8.81. The molecule has 0 radical (unpaired) electrons. The van der Waals surface area contributed by atoms with Gasteiger partial charge in [0.1, 0.15) is 12.4 Å². The standard InChI is InChI=1S/C21H23N3O3/c1-16-7-5-6-10-20(16)27-15-19(25)21(26)22-11-18-12-23-24(14-18)13-17-8-3-2-4-9-17/h2-10,12,14,19,25H,11,13,15H2,1H3,(H,22,26). The number of amides is 1. The molecule has 0 aliphatic rings. The molecule has 0 saturated carbocycles. The molecule has 0 fully saturated rings. The number of aliphatic hydroxyl groups excluding tert-OH is 1. The van der Waals surface area contributed by atoms with Crippen molar-refractivity contribution < 1.29 is 14.6 Å². The summed E-state index contributed by atoms with van der Waals surface area (Å²) in [5, 5.41) is 17.0. The number of aryl methyl sites for hydroxylation is 1. The van der Waals surface area contributed by atoms with Crippen LogP contribution in [0.3, 0.4) is 0 Å². The summed E-state index contributed by atoms with van der Waals surface area (Å²) < 4.78 is 7.33. The first kappa shape index (κ1) is 18.7. The van der Waals surface area contributed by atoms with Gasteiger partial charge in [-0.05, 0) is 24.1 Å². The highest BCUT2D eigenvalue weighted by atomic mass is 16.5. The van der Waals surface area contributed by atoms with E-state index < -0.39 is 12.0 Å². The molecule has 2 aromatic carbocycles. The van der Waals surface area contributed by atoms with E-state index in [2.05, 4.69) is 10.4 Å². The lowest BCUT2D eigenvalue weighted by molar-refractivity contribution is -0.130. The molecule has 6 heteroatoms. The first-order chi connectivity index (χ1) is 13.1. The SMILES string of the molecule is Cc1ccccc1OCC(O)C(=O)NCc1cnn(Cc2ccccc2)c1. The molecule has 0 bridgehead atoms. The van der Waals surface area contributed by atoms with E-state index in [1.807, 2.05) is 66.3 Å². The van der Waals surface area contributed by atoms with E-state index in [0.29, 0.717) is 18.8 Å². The van der Waals surface area contributed by atoms with Gasteiger partial charge < -0.3 is 15.2 Å². The summed E-state index contributed by atoms with van der Waals surface area (Å²) in [4.78, 5) is 12.1. The smallest absolute Gasteiger partial charge is 0.252 e. The Labute approximate surface area is 158 Å². The van der Waals surface area contributed by atoms with E-state index in [-0.39, 0.29) is 6.61 Å². The van der Waals surface area contributed by atoms with Gasteiger partial charge in [0.05, 0.1) is 12.7 Å². The fraction of sp³-hybridized carbons (Fsp3) is 0.238. The molecular formula is C21H23N3O3. The molecule has 27 heavy (non-hydrogen) atoms. The predicted octanol–water partition coefficient (Wildman–Crippen LogP) is 2.30. The summed E-state index contributed by atoms with van der Waals surface area (Å²) in [6.07, 6.45) is 2.35. The Balaban J connectivity index is 1.45. The number of carbonyl (C=O) groups is 1. The summed E-state index contributed by atoms with van der Waals surface area (Å²) in [5.74, 6) is 0.186. The Kier molecular flexibility index (Phi) is 6.22. The van der Waals surface area contributed by atoms with Crippen LogP contribution >= 0.6 is 0 Å². The zero-order chi connectivity index (χ0) is 19.1. The number of hydrogen-bond donors (Lipinski definition) is 2. The number of nitrogens with one attached hydrogen (secondary N) is 1. The van der Waals surface area contributed by atoms with Gasteiger partial charge in [-0.2, -0.15) is 5.10 Å². The van der Waals surface area contributed by atoms with Gasteiger partial charge in [0, 0.05) is 18.3 Å². The molecule has 0 saturated heterocycles. The third-order valence-corrected chi connectivity index (χ3v) is 4.13. The number of aliphatic hydroxyl groups is 1. The minimum atomic E-state index is -1.23. The van der Waals surface area contributed by atoms with E-state index in [1.165, 1.54) is 0 Å². The summed E-state index contributed by atoms with van der Waals surface area (Å²) in [6, 6.07) is 17.5. The van der Waals surface area contributed by atoms with Gasteiger partial charge in [0.2, 0.25) is 0 Å². The number of para-hydroxylation sites is 1. The Bertz CT molecular complexity index is 877. The van der Waals surface area contributed by atoms with Crippen molar-refractivity contribution in [1.82, 2.24) is 15.1 Å². The van der Waals surface area contributed by atoms with Gasteiger partial charge in [-0.1, -0.05) is 48.5 Å². The van der Waals surface area contributed by atoms with Crippen LogP contribution in [0, 0.1) is 6.92 Å². The number of rotatable bonds is 8. The van der Waals surface area contributed by atoms with Crippen molar-refractivity contribution in [1.29, 1.82) is 0 Å². The number of ether oxygens (including phenoxy) is 1. The maximum atomic E-state index is 12.1. The largest absolute Gasteiger partial charge is 0.490 e.